The molecule has 0 aliphatic carbocycles. The molecule has 0 fully saturated rings. The van der Waals surface area contributed by atoms with Gasteiger partial charge in [0.2, 0.25) is 5.88 Å². The van der Waals surface area contributed by atoms with Gasteiger partial charge in [-0.2, -0.15) is 0 Å². The highest BCUT2D eigenvalue weighted by Gasteiger charge is 2.13. The number of ether oxygens (including phenoxy) is 2. The molecule has 0 aliphatic heterocycles. The Hall–Kier alpha value is -3.34. The third-order valence-electron chi connectivity index (χ3n) is 4.63. The topological polar surface area (TPSA) is 60.5 Å². The molecule has 0 saturated heterocycles. The number of amides is 1. The van der Waals surface area contributed by atoms with E-state index < -0.39 is 0 Å². The summed E-state index contributed by atoms with van der Waals surface area (Å²) in [6, 6.07) is 21.1. The lowest BCUT2D eigenvalue weighted by Gasteiger charge is -2.12. The molecule has 0 aliphatic rings. The van der Waals surface area contributed by atoms with Crippen LogP contribution in [-0.2, 0) is 6.42 Å². The first-order valence-corrected chi connectivity index (χ1v) is 10.2. The summed E-state index contributed by atoms with van der Waals surface area (Å²) in [6.07, 6.45) is 1.61. The molecule has 0 radical (unpaired) electrons. The number of carbonyl (C=O) groups is 1. The number of carbonyl (C=O) groups excluding carboxylic acids is 1. The van der Waals surface area contributed by atoms with E-state index in [1.54, 1.807) is 7.11 Å². The highest BCUT2D eigenvalue weighted by Crippen LogP contribution is 2.24. The SMILES string of the molecule is COc1ccc(Oc2cc(Cc3ccccc3)cc(C(=O)NCCC(C)C)n2)cc1. The highest BCUT2D eigenvalue weighted by atomic mass is 16.5. The second-order valence-corrected chi connectivity index (χ2v) is 7.58. The summed E-state index contributed by atoms with van der Waals surface area (Å²) in [4.78, 5) is 17.1. The summed E-state index contributed by atoms with van der Waals surface area (Å²) >= 11 is 0. The van der Waals surface area contributed by atoms with E-state index >= 15 is 0 Å². The Bertz CT molecular complexity index is 954. The van der Waals surface area contributed by atoms with Gasteiger partial charge in [0.1, 0.15) is 17.2 Å². The lowest BCUT2D eigenvalue weighted by Crippen LogP contribution is -2.26. The zero-order valence-corrected chi connectivity index (χ0v) is 17.7. The maximum absolute atomic E-state index is 12.7. The van der Waals surface area contributed by atoms with Crippen LogP contribution in [0.1, 0.15) is 41.9 Å². The van der Waals surface area contributed by atoms with Crippen molar-refractivity contribution < 1.29 is 14.3 Å². The van der Waals surface area contributed by atoms with Crippen LogP contribution in [-0.4, -0.2) is 24.5 Å². The van der Waals surface area contributed by atoms with Crippen molar-refractivity contribution in [2.45, 2.75) is 26.7 Å². The number of pyridine rings is 1. The summed E-state index contributed by atoms with van der Waals surface area (Å²) < 4.78 is 11.1. The lowest BCUT2D eigenvalue weighted by molar-refractivity contribution is 0.0946. The van der Waals surface area contributed by atoms with Gasteiger partial charge in [-0.15, -0.1) is 0 Å². The molecule has 0 saturated carbocycles. The first-order chi connectivity index (χ1) is 14.5. The zero-order valence-electron chi connectivity index (χ0n) is 17.7. The van der Waals surface area contributed by atoms with E-state index in [9.17, 15) is 4.79 Å². The number of hydrogen-bond donors (Lipinski definition) is 1. The van der Waals surface area contributed by atoms with E-state index in [0.717, 1.165) is 23.3 Å². The predicted octanol–water partition coefficient (Wildman–Crippen LogP) is 5.25. The molecule has 0 unspecified atom stereocenters. The van der Waals surface area contributed by atoms with Crippen molar-refractivity contribution in [1.29, 1.82) is 0 Å². The first-order valence-electron chi connectivity index (χ1n) is 10.2. The van der Waals surface area contributed by atoms with Crippen molar-refractivity contribution in [2.24, 2.45) is 5.92 Å². The third kappa shape index (κ3) is 6.34. The van der Waals surface area contributed by atoms with Crippen LogP contribution in [0.3, 0.4) is 0 Å². The van der Waals surface area contributed by atoms with Crippen molar-refractivity contribution >= 4 is 5.91 Å². The van der Waals surface area contributed by atoms with Gasteiger partial charge in [-0.1, -0.05) is 44.2 Å². The van der Waals surface area contributed by atoms with E-state index in [1.807, 2.05) is 54.6 Å². The Morgan fingerprint density at radius 2 is 1.67 bits per heavy atom. The molecular weight excluding hydrogens is 376 g/mol. The van der Waals surface area contributed by atoms with E-state index in [1.165, 1.54) is 0 Å². The summed E-state index contributed by atoms with van der Waals surface area (Å²) in [7, 11) is 1.62. The van der Waals surface area contributed by atoms with Crippen molar-refractivity contribution in [1.82, 2.24) is 10.3 Å². The van der Waals surface area contributed by atoms with Gasteiger partial charge >= 0.3 is 0 Å². The minimum absolute atomic E-state index is 0.190. The Balaban J connectivity index is 1.83. The fraction of sp³-hybridized carbons (Fsp3) is 0.280. The maximum Gasteiger partial charge on any atom is 0.270 e. The molecule has 1 amide bonds. The first kappa shape index (κ1) is 21.4. The minimum atomic E-state index is -0.190. The summed E-state index contributed by atoms with van der Waals surface area (Å²) in [6.45, 7) is 4.88. The molecule has 0 spiro atoms. The van der Waals surface area contributed by atoms with Gasteiger partial charge in [-0.25, -0.2) is 4.98 Å². The van der Waals surface area contributed by atoms with E-state index in [2.05, 4.69) is 36.3 Å². The fourth-order valence-electron chi connectivity index (χ4n) is 2.99. The number of nitrogens with one attached hydrogen (secondary N) is 1. The van der Waals surface area contributed by atoms with Crippen molar-refractivity contribution in [3.8, 4) is 17.4 Å². The second-order valence-electron chi connectivity index (χ2n) is 7.58. The van der Waals surface area contributed by atoms with Crippen molar-refractivity contribution in [3.63, 3.8) is 0 Å². The van der Waals surface area contributed by atoms with E-state index in [0.29, 0.717) is 36.2 Å². The maximum atomic E-state index is 12.7. The summed E-state index contributed by atoms with van der Waals surface area (Å²) in [5.74, 6) is 2.11. The second kappa shape index (κ2) is 10.4. The number of benzene rings is 2. The Kier molecular flexibility index (Phi) is 7.44. The van der Waals surface area contributed by atoms with Gasteiger partial charge in [0.15, 0.2) is 0 Å². The Morgan fingerprint density at radius 3 is 2.33 bits per heavy atom. The number of methoxy groups -OCH3 is 1. The molecule has 3 aromatic rings. The molecule has 1 N–H and O–H groups in total. The molecule has 0 atom stereocenters. The Labute approximate surface area is 178 Å². The normalized spacial score (nSPS) is 10.7. The quantitative estimate of drug-likeness (QED) is 0.529. The molecule has 156 valence electrons. The smallest absolute Gasteiger partial charge is 0.270 e. The average Bonchev–Trinajstić information content (AvgIpc) is 2.74. The van der Waals surface area contributed by atoms with Crippen LogP contribution in [0.15, 0.2) is 66.7 Å². The van der Waals surface area contributed by atoms with E-state index in [-0.39, 0.29) is 5.91 Å². The monoisotopic (exact) mass is 404 g/mol. The average molecular weight is 405 g/mol. The molecule has 2 aromatic carbocycles. The lowest BCUT2D eigenvalue weighted by atomic mass is 10.0. The van der Waals surface area contributed by atoms with Gasteiger partial charge < -0.3 is 14.8 Å². The standard InChI is InChI=1S/C25H28N2O3/c1-18(2)13-14-26-25(28)23-16-20(15-19-7-5-4-6-8-19)17-24(27-23)30-22-11-9-21(29-3)10-12-22/h4-12,16-18H,13-15H2,1-3H3,(H,26,28). The molecule has 1 aromatic heterocycles. The molecule has 5 heteroatoms. The molecule has 30 heavy (non-hydrogen) atoms. The summed E-state index contributed by atoms with van der Waals surface area (Å²) in [5, 5.41) is 2.95. The number of nitrogens with zero attached hydrogens (tertiary/aromatic N) is 1. The van der Waals surface area contributed by atoms with Crippen LogP contribution in [0.2, 0.25) is 0 Å². The number of aromatic nitrogens is 1. The predicted molar refractivity (Wildman–Crippen MR) is 118 cm³/mol. The van der Waals surface area contributed by atoms with Crippen LogP contribution in [0, 0.1) is 5.92 Å². The van der Waals surface area contributed by atoms with Crippen molar-refractivity contribution in [3.05, 3.63) is 83.6 Å². The van der Waals surface area contributed by atoms with E-state index in [4.69, 9.17) is 9.47 Å². The zero-order chi connectivity index (χ0) is 21.3. The van der Waals surface area contributed by atoms with Crippen LogP contribution in [0.25, 0.3) is 0 Å². The minimum Gasteiger partial charge on any atom is -0.497 e. The van der Waals surface area contributed by atoms with Gasteiger partial charge in [0.25, 0.3) is 5.91 Å². The fourth-order valence-corrected chi connectivity index (χ4v) is 2.99. The van der Waals surface area contributed by atoms with Gasteiger partial charge in [-0.3, -0.25) is 4.79 Å². The number of rotatable bonds is 9. The van der Waals surface area contributed by atoms with Crippen LogP contribution in [0.4, 0.5) is 0 Å². The molecule has 5 nitrogen and oxygen atoms in total. The highest BCUT2D eigenvalue weighted by molar-refractivity contribution is 5.92. The molecule has 3 rings (SSSR count). The van der Waals surface area contributed by atoms with Crippen molar-refractivity contribution in [2.75, 3.05) is 13.7 Å². The van der Waals surface area contributed by atoms with Gasteiger partial charge in [-0.05, 0) is 60.2 Å². The molecular formula is C25H28N2O3. The third-order valence-corrected chi connectivity index (χ3v) is 4.63. The largest absolute Gasteiger partial charge is 0.497 e. The van der Waals surface area contributed by atoms with Crippen LogP contribution in [0.5, 0.6) is 17.4 Å². The summed E-state index contributed by atoms with van der Waals surface area (Å²) in [5.41, 5.74) is 2.48. The van der Waals surface area contributed by atoms with Crippen LogP contribution >= 0.6 is 0 Å². The number of hydrogen-bond acceptors (Lipinski definition) is 4. The van der Waals surface area contributed by atoms with Gasteiger partial charge in [0.05, 0.1) is 7.11 Å². The molecule has 0 bridgehead atoms. The molecule has 1 heterocycles. The van der Waals surface area contributed by atoms with Gasteiger partial charge in [0, 0.05) is 12.6 Å². The van der Waals surface area contributed by atoms with Crippen LogP contribution < -0.4 is 14.8 Å². The Morgan fingerprint density at radius 1 is 0.967 bits per heavy atom.